The number of hydrogen-bond acceptors (Lipinski definition) is 4. The van der Waals surface area contributed by atoms with Crippen molar-refractivity contribution in [2.24, 2.45) is 0 Å². The number of methoxy groups -OCH3 is 1. The summed E-state index contributed by atoms with van der Waals surface area (Å²) < 4.78 is 19.5. The number of nitrogens with zero attached hydrogens (tertiary/aromatic N) is 2. The average molecular weight is 365 g/mol. The minimum atomic E-state index is -0.338. The number of nitrogens with one attached hydrogen (secondary N) is 1. The molecule has 0 amide bonds. The molecule has 1 aliphatic heterocycles. The summed E-state index contributed by atoms with van der Waals surface area (Å²) in [6.45, 7) is 1.63. The largest absolute Gasteiger partial charge is 0.494 e. The van der Waals surface area contributed by atoms with Crippen molar-refractivity contribution in [2.45, 2.75) is 19.5 Å². The summed E-state index contributed by atoms with van der Waals surface area (Å²) in [7, 11) is 1.46. The molecule has 0 atom stereocenters. The number of aromatic amines is 1. The van der Waals surface area contributed by atoms with Crippen LogP contribution in [0.4, 0.5) is 4.39 Å². The quantitative estimate of drug-likeness (QED) is 0.772. The SMILES string of the molecule is COc1cccc(CN2CCc3c(nc(-c4ccccc4)[nH]c3=O)C2)c1F. The molecule has 0 fully saturated rings. The molecule has 1 aliphatic rings. The standard InChI is InChI=1S/C21H20FN3O2/c1-27-18-9-5-8-15(19(18)22)12-25-11-10-16-17(13-25)23-20(24-21(16)26)14-6-3-2-4-7-14/h2-9H,10-13H2,1H3,(H,23,24,26). The van der Waals surface area contributed by atoms with Crippen molar-refractivity contribution in [3.63, 3.8) is 0 Å². The third-order valence-electron chi connectivity index (χ3n) is 4.86. The van der Waals surface area contributed by atoms with Crippen LogP contribution in [-0.2, 0) is 19.5 Å². The van der Waals surface area contributed by atoms with E-state index in [9.17, 15) is 9.18 Å². The molecule has 3 aromatic rings. The lowest BCUT2D eigenvalue weighted by Crippen LogP contribution is -2.35. The molecule has 0 radical (unpaired) electrons. The molecule has 138 valence electrons. The van der Waals surface area contributed by atoms with Crippen molar-refractivity contribution >= 4 is 0 Å². The van der Waals surface area contributed by atoms with E-state index in [0.717, 1.165) is 16.8 Å². The van der Waals surface area contributed by atoms with Crippen LogP contribution in [0.5, 0.6) is 5.75 Å². The first-order valence-electron chi connectivity index (χ1n) is 8.87. The van der Waals surface area contributed by atoms with Gasteiger partial charge in [-0.1, -0.05) is 42.5 Å². The fourth-order valence-electron chi connectivity index (χ4n) is 3.44. The first kappa shape index (κ1) is 17.4. The fraction of sp³-hybridized carbons (Fsp3) is 0.238. The number of benzene rings is 2. The van der Waals surface area contributed by atoms with Crippen LogP contribution in [0.25, 0.3) is 11.4 Å². The topological polar surface area (TPSA) is 58.2 Å². The molecule has 6 heteroatoms. The molecule has 4 rings (SSSR count). The molecule has 0 unspecified atom stereocenters. The maximum absolute atomic E-state index is 14.5. The Morgan fingerprint density at radius 2 is 2.00 bits per heavy atom. The zero-order valence-corrected chi connectivity index (χ0v) is 15.0. The second-order valence-electron chi connectivity index (χ2n) is 6.60. The normalized spacial score (nSPS) is 14.0. The molecular weight excluding hydrogens is 345 g/mol. The molecule has 5 nitrogen and oxygen atoms in total. The van der Waals surface area contributed by atoms with Crippen molar-refractivity contribution in [3.8, 4) is 17.1 Å². The smallest absolute Gasteiger partial charge is 0.254 e. The minimum Gasteiger partial charge on any atom is -0.494 e. The van der Waals surface area contributed by atoms with Crippen LogP contribution in [0, 0.1) is 5.82 Å². The molecule has 1 aromatic heterocycles. The Morgan fingerprint density at radius 1 is 1.19 bits per heavy atom. The van der Waals surface area contributed by atoms with Crippen LogP contribution in [0.15, 0.2) is 53.3 Å². The highest BCUT2D eigenvalue weighted by Gasteiger charge is 2.22. The zero-order valence-electron chi connectivity index (χ0n) is 15.0. The summed E-state index contributed by atoms with van der Waals surface area (Å²) in [5.74, 6) is 0.467. The van der Waals surface area contributed by atoms with Gasteiger partial charge < -0.3 is 9.72 Å². The lowest BCUT2D eigenvalue weighted by atomic mass is 10.0. The maximum atomic E-state index is 14.5. The van der Waals surface area contributed by atoms with Gasteiger partial charge in [0.15, 0.2) is 11.6 Å². The van der Waals surface area contributed by atoms with Gasteiger partial charge in [0, 0.05) is 36.3 Å². The Labute approximate surface area is 156 Å². The van der Waals surface area contributed by atoms with Gasteiger partial charge in [-0.15, -0.1) is 0 Å². The predicted molar refractivity (Wildman–Crippen MR) is 101 cm³/mol. The van der Waals surface area contributed by atoms with Crippen LogP contribution in [0.1, 0.15) is 16.8 Å². The minimum absolute atomic E-state index is 0.0916. The second-order valence-corrected chi connectivity index (χ2v) is 6.60. The fourth-order valence-corrected chi connectivity index (χ4v) is 3.44. The van der Waals surface area contributed by atoms with Gasteiger partial charge in [-0.05, 0) is 12.5 Å². The van der Waals surface area contributed by atoms with Gasteiger partial charge in [-0.3, -0.25) is 9.69 Å². The summed E-state index contributed by atoms with van der Waals surface area (Å²) in [5, 5.41) is 0. The van der Waals surface area contributed by atoms with E-state index < -0.39 is 0 Å². The molecule has 0 spiro atoms. The van der Waals surface area contributed by atoms with E-state index in [0.29, 0.717) is 37.4 Å². The molecule has 2 heterocycles. The Hall–Kier alpha value is -2.99. The van der Waals surface area contributed by atoms with Gasteiger partial charge in [0.25, 0.3) is 5.56 Å². The number of ether oxygens (including phenoxy) is 1. The van der Waals surface area contributed by atoms with E-state index in [2.05, 4.69) is 14.9 Å². The van der Waals surface area contributed by atoms with Crippen molar-refractivity contribution in [1.82, 2.24) is 14.9 Å². The van der Waals surface area contributed by atoms with Crippen LogP contribution in [0.3, 0.4) is 0 Å². The lowest BCUT2D eigenvalue weighted by molar-refractivity contribution is 0.236. The lowest BCUT2D eigenvalue weighted by Gasteiger charge is -2.28. The average Bonchev–Trinajstić information content (AvgIpc) is 2.70. The zero-order chi connectivity index (χ0) is 18.8. The second kappa shape index (κ2) is 7.32. The molecule has 0 aliphatic carbocycles. The monoisotopic (exact) mass is 365 g/mol. The van der Waals surface area contributed by atoms with Gasteiger partial charge >= 0.3 is 0 Å². The van der Waals surface area contributed by atoms with Gasteiger partial charge in [0.2, 0.25) is 0 Å². The maximum Gasteiger partial charge on any atom is 0.254 e. The molecule has 0 saturated heterocycles. The molecule has 0 bridgehead atoms. The summed E-state index contributed by atoms with van der Waals surface area (Å²) >= 11 is 0. The third-order valence-corrected chi connectivity index (χ3v) is 4.86. The van der Waals surface area contributed by atoms with E-state index in [1.54, 1.807) is 18.2 Å². The summed E-state index contributed by atoms with van der Waals surface area (Å²) in [5.41, 5.74) is 2.83. The first-order valence-corrected chi connectivity index (χ1v) is 8.87. The Kier molecular flexibility index (Phi) is 4.73. The van der Waals surface area contributed by atoms with Gasteiger partial charge in [0.05, 0.1) is 12.8 Å². The summed E-state index contributed by atoms with van der Waals surface area (Å²) in [6, 6.07) is 14.7. The van der Waals surface area contributed by atoms with Crippen LogP contribution in [-0.4, -0.2) is 28.5 Å². The number of hydrogen-bond donors (Lipinski definition) is 1. The van der Waals surface area contributed by atoms with Crippen LogP contribution >= 0.6 is 0 Å². The molecule has 2 aromatic carbocycles. The van der Waals surface area contributed by atoms with E-state index >= 15 is 0 Å². The van der Waals surface area contributed by atoms with Gasteiger partial charge in [0.1, 0.15) is 5.82 Å². The summed E-state index contributed by atoms with van der Waals surface area (Å²) in [6.07, 6.45) is 0.596. The first-order chi connectivity index (χ1) is 13.2. The molecule has 1 N–H and O–H groups in total. The highest BCUT2D eigenvalue weighted by Crippen LogP contribution is 2.24. The van der Waals surface area contributed by atoms with Crippen molar-refractivity contribution in [2.75, 3.05) is 13.7 Å². The van der Waals surface area contributed by atoms with Crippen LogP contribution < -0.4 is 10.3 Å². The Morgan fingerprint density at radius 3 is 2.78 bits per heavy atom. The van der Waals surface area contributed by atoms with Crippen molar-refractivity contribution in [3.05, 3.63) is 81.5 Å². The number of H-pyrrole nitrogens is 1. The van der Waals surface area contributed by atoms with E-state index in [4.69, 9.17) is 4.74 Å². The third kappa shape index (κ3) is 3.48. The van der Waals surface area contributed by atoms with Gasteiger partial charge in [-0.25, -0.2) is 9.37 Å². The predicted octanol–water partition coefficient (Wildman–Crippen LogP) is 3.14. The highest BCUT2D eigenvalue weighted by atomic mass is 19.1. The van der Waals surface area contributed by atoms with E-state index in [1.807, 2.05) is 30.3 Å². The van der Waals surface area contributed by atoms with E-state index in [1.165, 1.54) is 7.11 Å². The molecule has 27 heavy (non-hydrogen) atoms. The molecular formula is C21H20FN3O2. The van der Waals surface area contributed by atoms with Crippen LogP contribution in [0.2, 0.25) is 0 Å². The highest BCUT2D eigenvalue weighted by molar-refractivity contribution is 5.54. The number of halogens is 1. The van der Waals surface area contributed by atoms with Crippen molar-refractivity contribution < 1.29 is 9.13 Å². The number of rotatable bonds is 4. The van der Waals surface area contributed by atoms with E-state index in [-0.39, 0.29) is 17.1 Å². The number of fused-ring (bicyclic) bond motifs is 1. The Balaban J connectivity index is 1.61. The number of aromatic nitrogens is 2. The van der Waals surface area contributed by atoms with Crippen molar-refractivity contribution in [1.29, 1.82) is 0 Å². The van der Waals surface area contributed by atoms with Gasteiger partial charge in [-0.2, -0.15) is 0 Å². The molecule has 0 saturated carbocycles. The summed E-state index contributed by atoms with van der Waals surface area (Å²) in [4.78, 5) is 22.1. The Bertz CT molecular complexity index is 1020.